The number of aromatic amines is 1. The molecule has 2 heterocycles. The monoisotopic (exact) mass is 294 g/mol. The number of nitrogens with zero attached hydrogens (tertiary/aromatic N) is 2. The van der Waals surface area contributed by atoms with Crippen LogP contribution in [0.4, 0.5) is 0 Å². The predicted molar refractivity (Wildman–Crippen MR) is 78.7 cm³/mol. The summed E-state index contributed by atoms with van der Waals surface area (Å²) in [7, 11) is 0. The van der Waals surface area contributed by atoms with Crippen LogP contribution in [0.2, 0.25) is 0 Å². The largest absolute Gasteiger partial charge is 0.420 e. The van der Waals surface area contributed by atoms with Gasteiger partial charge in [-0.25, -0.2) is 0 Å². The zero-order chi connectivity index (χ0) is 15.7. The van der Waals surface area contributed by atoms with E-state index in [0.29, 0.717) is 11.5 Å². The van der Waals surface area contributed by atoms with Gasteiger partial charge in [-0.15, -0.1) is 5.10 Å². The lowest BCUT2D eigenvalue weighted by Crippen LogP contribution is -2.29. The van der Waals surface area contributed by atoms with Crippen molar-refractivity contribution in [2.75, 3.05) is 0 Å². The molecule has 0 unspecified atom stereocenters. The summed E-state index contributed by atoms with van der Waals surface area (Å²) in [4.78, 5) is 11.4. The van der Waals surface area contributed by atoms with Crippen molar-refractivity contribution in [2.24, 2.45) is 0 Å². The Kier molecular flexibility index (Phi) is 3.39. The maximum absolute atomic E-state index is 11.4. The van der Waals surface area contributed by atoms with Crippen molar-refractivity contribution in [3.63, 3.8) is 0 Å². The summed E-state index contributed by atoms with van der Waals surface area (Å²) in [5, 5.41) is 19.2. The molecule has 2 N–H and O–H groups in total. The van der Waals surface area contributed by atoms with Gasteiger partial charge in [-0.1, -0.05) is 30.3 Å². The van der Waals surface area contributed by atoms with Crippen LogP contribution >= 0.6 is 0 Å². The van der Waals surface area contributed by atoms with Crippen LogP contribution in [0.15, 0.2) is 41.8 Å². The third-order valence-corrected chi connectivity index (χ3v) is 3.52. The number of hydrogen-bond acceptors (Lipinski definition) is 4. The number of aryl methyl sites for hydroxylation is 1. The molecule has 110 valence electrons. The molecule has 1 amide bonds. The van der Waals surface area contributed by atoms with Gasteiger partial charge in [-0.05, 0) is 12.5 Å². The van der Waals surface area contributed by atoms with E-state index in [9.17, 15) is 10.1 Å². The van der Waals surface area contributed by atoms with Crippen LogP contribution in [0, 0.1) is 18.3 Å². The Bertz CT molecular complexity index is 799. The Labute approximate surface area is 127 Å². The number of amides is 1. The van der Waals surface area contributed by atoms with Crippen molar-refractivity contribution >= 4 is 5.91 Å². The first kappa shape index (κ1) is 13.9. The molecule has 2 aromatic rings. The van der Waals surface area contributed by atoms with Crippen molar-refractivity contribution in [1.29, 1.82) is 5.26 Å². The number of aromatic nitrogens is 2. The number of rotatable bonds is 2. The number of carbonyl (C=O) groups excluding carboxylic acids is 1. The van der Waals surface area contributed by atoms with Gasteiger partial charge in [0.1, 0.15) is 11.6 Å². The zero-order valence-corrected chi connectivity index (χ0v) is 12.2. The lowest BCUT2D eigenvalue weighted by atomic mass is 9.84. The molecule has 0 spiro atoms. The number of nitriles is 1. The molecule has 0 aliphatic carbocycles. The molecular formula is C16H14N4O2. The van der Waals surface area contributed by atoms with E-state index in [1.165, 1.54) is 6.92 Å². The van der Waals surface area contributed by atoms with E-state index in [1.807, 2.05) is 37.3 Å². The van der Waals surface area contributed by atoms with Gasteiger partial charge in [0.05, 0.1) is 5.92 Å². The number of benzene rings is 1. The van der Waals surface area contributed by atoms with Gasteiger partial charge in [0.2, 0.25) is 17.7 Å². The summed E-state index contributed by atoms with van der Waals surface area (Å²) in [5.74, 6) is -0.0993. The summed E-state index contributed by atoms with van der Waals surface area (Å²) in [6, 6.07) is 11.8. The van der Waals surface area contributed by atoms with Crippen LogP contribution in [0.5, 0.6) is 5.88 Å². The van der Waals surface area contributed by atoms with Gasteiger partial charge in [0.15, 0.2) is 0 Å². The molecule has 1 aliphatic rings. The van der Waals surface area contributed by atoms with E-state index in [4.69, 9.17) is 4.74 Å². The zero-order valence-electron chi connectivity index (χ0n) is 12.2. The molecule has 1 aromatic carbocycles. The highest BCUT2D eigenvalue weighted by molar-refractivity contribution is 5.75. The van der Waals surface area contributed by atoms with Gasteiger partial charge in [-0.3, -0.25) is 15.2 Å². The highest BCUT2D eigenvalue weighted by atomic mass is 16.5. The van der Waals surface area contributed by atoms with E-state index < -0.39 is 0 Å². The molecule has 1 atom stereocenters. The van der Waals surface area contributed by atoms with Gasteiger partial charge >= 0.3 is 0 Å². The average Bonchev–Trinajstić information content (AvgIpc) is 2.87. The Hall–Kier alpha value is -3.07. The van der Waals surface area contributed by atoms with Crippen LogP contribution in [0.3, 0.4) is 0 Å². The lowest BCUT2D eigenvalue weighted by molar-refractivity contribution is -0.118. The fourth-order valence-electron chi connectivity index (χ4n) is 2.61. The Morgan fingerprint density at radius 1 is 1.41 bits per heavy atom. The van der Waals surface area contributed by atoms with Crippen molar-refractivity contribution in [1.82, 2.24) is 15.5 Å². The van der Waals surface area contributed by atoms with E-state index in [-0.39, 0.29) is 17.7 Å². The molecule has 6 heteroatoms. The smallest absolute Gasteiger partial charge is 0.244 e. The number of allylic oxidation sites excluding steroid dienone is 1. The number of hydrogen-bond donors (Lipinski definition) is 2. The number of H-pyrrole nitrogens is 1. The third-order valence-electron chi connectivity index (χ3n) is 3.52. The van der Waals surface area contributed by atoms with E-state index in [1.54, 1.807) is 0 Å². The van der Waals surface area contributed by atoms with Gasteiger partial charge in [0.25, 0.3) is 0 Å². The minimum atomic E-state index is -0.324. The minimum Gasteiger partial charge on any atom is -0.420 e. The van der Waals surface area contributed by atoms with Gasteiger partial charge in [0, 0.05) is 18.2 Å². The van der Waals surface area contributed by atoms with Crippen LogP contribution in [-0.4, -0.2) is 16.1 Å². The van der Waals surface area contributed by atoms with Crippen molar-refractivity contribution in [3.05, 3.63) is 58.6 Å². The molecule has 22 heavy (non-hydrogen) atoms. The Morgan fingerprint density at radius 3 is 2.77 bits per heavy atom. The molecule has 1 aliphatic heterocycles. The topological polar surface area (TPSA) is 90.8 Å². The number of carbonyl (C=O) groups is 1. The second-order valence-electron chi connectivity index (χ2n) is 5.05. The van der Waals surface area contributed by atoms with Crippen molar-refractivity contribution in [2.45, 2.75) is 19.8 Å². The molecule has 0 bridgehead atoms. The van der Waals surface area contributed by atoms with E-state index >= 15 is 0 Å². The van der Waals surface area contributed by atoms with E-state index in [0.717, 1.165) is 16.8 Å². The molecule has 0 saturated heterocycles. The van der Waals surface area contributed by atoms with Crippen LogP contribution in [-0.2, 0) is 4.79 Å². The quantitative estimate of drug-likeness (QED) is 0.887. The fraction of sp³-hybridized carbons (Fsp3) is 0.188. The maximum atomic E-state index is 11.4. The van der Waals surface area contributed by atoms with Crippen LogP contribution in [0.25, 0.3) is 0 Å². The standard InChI is InChI=1S/C16H14N4O2/c1-9-13-14(11-6-4-3-5-7-11)12(8-17)15(18-10(2)21)22-16(13)20-19-9/h3-7,14H,1-2H3,(H,18,21)(H,19,20)/t14-/m0/s1. The summed E-state index contributed by atoms with van der Waals surface area (Å²) in [6.07, 6.45) is 0. The molecule has 0 radical (unpaired) electrons. The molecular weight excluding hydrogens is 280 g/mol. The van der Waals surface area contributed by atoms with Crippen LogP contribution in [0.1, 0.15) is 29.7 Å². The molecule has 6 nitrogen and oxygen atoms in total. The average molecular weight is 294 g/mol. The number of ether oxygens (including phenoxy) is 1. The highest BCUT2D eigenvalue weighted by Crippen LogP contribution is 2.42. The third kappa shape index (κ3) is 2.23. The first-order valence-electron chi connectivity index (χ1n) is 6.81. The second kappa shape index (κ2) is 5.37. The maximum Gasteiger partial charge on any atom is 0.244 e. The molecule has 0 saturated carbocycles. The number of nitrogens with one attached hydrogen (secondary N) is 2. The van der Waals surface area contributed by atoms with Crippen molar-refractivity contribution in [3.8, 4) is 11.9 Å². The lowest BCUT2D eigenvalue weighted by Gasteiger charge is -2.25. The summed E-state index contributed by atoms with van der Waals surface area (Å²) in [5.41, 5.74) is 2.95. The minimum absolute atomic E-state index is 0.142. The van der Waals surface area contributed by atoms with E-state index in [2.05, 4.69) is 21.6 Å². The first-order chi connectivity index (χ1) is 10.6. The van der Waals surface area contributed by atoms with Gasteiger partial charge < -0.3 is 4.74 Å². The Balaban J connectivity index is 2.21. The van der Waals surface area contributed by atoms with Crippen molar-refractivity contribution < 1.29 is 9.53 Å². The summed E-state index contributed by atoms with van der Waals surface area (Å²) < 4.78 is 5.60. The molecule has 0 fully saturated rings. The predicted octanol–water partition coefficient (Wildman–Crippen LogP) is 2.11. The highest BCUT2D eigenvalue weighted by Gasteiger charge is 2.35. The molecule has 1 aromatic heterocycles. The fourth-order valence-corrected chi connectivity index (χ4v) is 2.61. The second-order valence-corrected chi connectivity index (χ2v) is 5.05. The van der Waals surface area contributed by atoms with Crippen LogP contribution < -0.4 is 10.1 Å². The number of fused-ring (bicyclic) bond motifs is 1. The summed E-state index contributed by atoms with van der Waals surface area (Å²) >= 11 is 0. The normalized spacial score (nSPS) is 16.5. The van der Waals surface area contributed by atoms with Gasteiger partial charge in [-0.2, -0.15) is 5.26 Å². The summed E-state index contributed by atoms with van der Waals surface area (Å²) in [6.45, 7) is 3.25. The SMILES string of the molecule is CC(=O)NC1=C(C#N)[C@H](c2ccccc2)c2c(n[nH]c2C)O1. The first-order valence-corrected chi connectivity index (χ1v) is 6.81. The molecule has 3 rings (SSSR count). The Morgan fingerprint density at radius 2 is 2.14 bits per heavy atom.